The minimum absolute atomic E-state index is 0.0809. The molecule has 1 heterocycles. The van der Waals surface area contributed by atoms with E-state index < -0.39 is 0 Å². The summed E-state index contributed by atoms with van der Waals surface area (Å²) in [5.74, 6) is 0.878. The van der Waals surface area contributed by atoms with E-state index in [1.807, 2.05) is 48.7 Å². The average Bonchev–Trinajstić information content (AvgIpc) is 3.40. The van der Waals surface area contributed by atoms with Gasteiger partial charge < -0.3 is 29.0 Å². The summed E-state index contributed by atoms with van der Waals surface area (Å²) in [6.45, 7) is 1.34. The second kappa shape index (κ2) is 13.5. The second-order valence-electron chi connectivity index (χ2n) is 9.19. The summed E-state index contributed by atoms with van der Waals surface area (Å²) in [5, 5.41) is 1.14. The molecule has 4 rings (SSSR count). The summed E-state index contributed by atoms with van der Waals surface area (Å²) in [7, 11) is 4.75. The number of benzene rings is 3. The number of ether oxygens (including phenoxy) is 3. The molecule has 0 aliphatic carbocycles. The van der Waals surface area contributed by atoms with E-state index in [1.54, 1.807) is 50.5 Å². The molecule has 0 atom stereocenters. The zero-order chi connectivity index (χ0) is 27.6. The number of para-hydroxylation sites is 2. The number of methoxy groups -OCH3 is 3. The molecule has 1 aromatic heterocycles. The van der Waals surface area contributed by atoms with Crippen LogP contribution in [0.4, 0.5) is 0 Å². The first-order valence-electron chi connectivity index (χ1n) is 12.9. The Balaban J connectivity index is 1.57. The molecule has 0 saturated heterocycles. The number of hydrogen-bond acceptors (Lipinski definition) is 5. The number of H-pyrrole nitrogens is 1. The number of carbonyl (C=O) groups excluding carboxylic acids is 2. The summed E-state index contributed by atoms with van der Waals surface area (Å²) < 4.78 is 16.1. The fourth-order valence-electron chi connectivity index (χ4n) is 4.58. The van der Waals surface area contributed by atoms with E-state index in [1.165, 1.54) is 4.90 Å². The van der Waals surface area contributed by atoms with Gasteiger partial charge in [-0.25, -0.2) is 0 Å². The van der Waals surface area contributed by atoms with E-state index in [2.05, 4.69) is 11.1 Å². The first-order valence-corrected chi connectivity index (χ1v) is 12.9. The molecular formula is C31H35N3O5. The van der Waals surface area contributed by atoms with Crippen molar-refractivity contribution in [1.29, 1.82) is 0 Å². The summed E-state index contributed by atoms with van der Waals surface area (Å²) in [4.78, 5) is 33.9. The molecule has 0 unspecified atom stereocenters. The van der Waals surface area contributed by atoms with Gasteiger partial charge in [0.15, 0.2) is 0 Å². The first-order chi connectivity index (χ1) is 19.0. The van der Waals surface area contributed by atoms with Crippen molar-refractivity contribution in [2.75, 3.05) is 47.6 Å². The summed E-state index contributed by atoms with van der Waals surface area (Å²) >= 11 is 0. The van der Waals surface area contributed by atoms with Crippen molar-refractivity contribution >= 4 is 22.7 Å². The lowest BCUT2D eigenvalue weighted by atomic mass is 10.1. The summed E-state index contributed by atoms with van der Waals surface area (Å²) in [5.41, 5.74) is 3.54. The summed E-state index contributed by atoms with van der Waals surface area (Å²) in [6, 6.07) is 22.7. The molecule has 8 heteroatoms. The van der Waals surface area contributed by atoms with Gasteiger partial charge in [0.1, 0.15) is 18.0 Å². The van der Waals surface area contributed by atoms with Crippen LogP contribution >= 0.6 is 0 Å². The molecule has 39 heavy (non-hydrogen) atoms. The van der Waals surface area contributed by atoms with Crippen molar-refractivity contribution in [3.8, 4) is 11.5 Å². The van der Waals surface area contributed by atoms with Crippen molar-refractivity contribution in [1.82, 2.24) is 14.8 Å². The van der Waals surface area contributed by atoms with E-state index in [0.29, 0.717) is 43.2 Å². The standard InChI is InChI=1S/C31H35N3O5/c1-37-18-17-34(31(36)23-10-8-11-26(19-23)38-2)22-30(35)33(21-25-9-4-7-14-29(25)39-3)16-15-24-20-32-28-13-6-5-12-27(24)28/h4-14,19-20,32H,15-18,21-22H2,1-3H3. The number of nitrogens with one attached hydrogen (secondary N) is 1. The van der Waals surface area contributed by atoms with Gasteiger partial charge in [0.25, 0.3) is 5.91 Å². The molecule has 1 N–H and O–H groups in total. The topological polar surface area (TPSA) is 84.1 Å². The molecule has 204 valence electrons. The van der Waals surface area contributed by atoms with E-state index >= 15 is 0 Å². The number of aromatic amines is 1. The molecular weight excluding hydrogens is 494 g/mol. The molecule has 8 nitrogen and oxygen atoms in total. The van der Waals surface area contributed by atoms with E-state index in [4.69, 9.17) is 14.2 Å². The third-order valence-corrected chi connectivity index (χ3v) is 6.73. The van der Waals surface area contributed by atoms with Gasteiger partial charge in [0, 0.05) is 55.0 Å². The minimum atomic E-state index is -0.256. The van der Waals surface area contributed by atoms with Crippen LogP contribution in [0.3, 0.4) is 0 Å². The Hall–Kier alpha value is -4.30. The number of hydrogen-bond donors (Lipinski definition) is 1. The zero-order valence-electron chi connectivity index (χ0n) is 22.7. The van der Waals surface area contributed by atoms with Gasteiger partial charge in [-0.15, -0.1) is 0 Å². The van der Waals surface area contributed by atoms with Crippen LogP contribution in [0.15, 0.2) is 79.0 Å². The van der Waals surface area contributed by atoms with Crippen LogP contribution in [-0.2, 0) is 22.5 Å². The lowest BCUT2D eigenvalue weighted by molar-refractivity contribution is -0.132. The van der Waals surface area contributed by atoms with Gasteiger partial charge in [0.05, 0.1) is 20.8 Å². The van der Waals surface area contributed by atoms with E-state index in [0.717, 1.165) is 22.0 Å². The quantitative estimate of drug-likeness (QED) is 0.275. The van der Waals surface area contributed by atoms with Crippen LogP contribution in [0, 0.1) is 0 Å². The highest BCUT2D eigenvalue weighted by atomic mass is 16.5. The molecule has 4 aromatic rings. The number of rotatable bonds is 13. The number of fused-ring (bicyclic) bond motifs is 1. The second-order valence-corrected chi connectivity index (χ2v) is 9.19. The fraction of sp³-hybridized carbons (Fsp3) is 0.290. The Labute approximate surface area is 229 Å². The highest BCUT2D eigenvalue weighted by Crippen LogP contribution is 2.22. The molecule has 2 amide bonds. The Kier molecular flexibility index (Phi) is 9.58. The lowest BCUT2D eigenvalue weighted by Gasteiger charge is -2.28. The maximum atomic E-state index is 13.8. The zero-order valence-corrected chi connectivity index (χ0v) is 22.7. The van der Waals surface area contributed by atoms with Gasteiger partial charge in [-0.05, 0) is 42.3 Å². The molecule has 0 spiro atoms. The van der Waals surface area contributed by atoms with Crippen LogP contribution in [0.1, 0.15) is 21.5 Å². The Morgan fingerprint density at radius 1 is 0.821 bits per heavy atom. The first kappa shape index (κ1) is 27.7. The molecule has 0 radical (unpaired) electrons. The van der Waals surface area contributed by atoms with Crippen molar-refractivity contribution in [2.45, 2.75) is 13.0 Å². The van der Waals surface area contributed by atoms with Gasteiger partial charge in [-0.2, -0.15) is 0 Å². The minimum Gasteiger partial charge on any atom is -0.497 e. The van der Waals surface area contributed by atoms with Crippen molar-refractivity contribution < 1.29 is 23.8 Å². The fourth-order valence-corrected chi connectivity index (χ4v) is 4.58. The number of nitrogens with zero attached hydrogens (tertiary/aromatic N) is 2. The molecule has 0 aliphatic rings. The SMILES string of the molecule is COCCN(CC(=O)N(CCc1c[nH]c2ccccc12)Cc1ccccc1OC)C(=O)c1cccc(OC)c1. The van der Waals surface area contributed by atoms with Gasteiger partial charge in [-0.3, -0.25) is 9.59 Å². The van der Waals surface area contributed by atoms with Crippen LogP contribution in [0.2, 0.25) is 0 Å². The Morgan fingerprint density at radius 2 is 1.62 bits per heavy atom. The lowest BCUT2D eigenvalue weighted by Crippen LogP contribution is -2.44. The van der Waals surface area contributed by atoms with E-state index in [-0.39, 0.29) is 24.9 Å². The molecule has 0 fully saturated rings. The monoisotopic (exact) mass is 529 g/mol. The Morgan fingerprint density at radius 3 is 2.41 bits per heavy atom. The van der Waals surface area contributed by atoms with Gasteiger partial charge in [0.2, 0.25) is 5.91 Å². The third-order valence-electron chi connectivity index (χ3n) is 6.73. The van der Waals surface area contributed by atoms with Crippen LogP contribution in [-0.4, -0.2) is 74.2 Å². The van der Waals surface area contributed by atoms with Gasteiger partial charge in [-0.1, -0.05) is 42.5 Å². The molecule has 0 saturated carbocycles. The van der Waals surface area contributed by atoms with E-state index in [9.17, 15) is 9.59 Å². The third kappa shape index (κ3) is 6.97. The predicted octanol–water partition coefficient (Wildman–Crippen LogP) is 4.55. The highest BCUT2D eigenvalue weighted by molar-refractivity contribution is 5.97. The van der Waals surface area contributed by atoms with Crippen LogP contribution in [0.25, 0.3) is 10.9 Å². The largest absolute Gasteiger partial charge is 0.497 e. The maximum Gasteiger partial charge on any atom is 0.254 e. The van der Waals surface area contributed by atoms with Crippen LogP contribution in [0.5, 0.6) is 11.5 Å². The maximum absolute atomic E-state index is 13.8. The van der Waals surface area contributed by atoms with Crippen molar-refractivity contribution in [2.24, 2.45) is 0 Å². The normalized spacial score (nSPS) is 10.8. The number of carbonyl (C=O) groups is 2. The predicted molar refractivity (Wildman–Crippen MR) is 151 cm³/mol. The molecule has 0 bridgehead atoms. The molecule has 0 aliphatic heterocycles. The molecule has 3 aromatic carbocycles. The van der Waals surface area contributed by atoms with Crippen molar-refractivity contribution in [3.05, 3.63) is 95.7 Å². The average molecular weight is 530 g/mol. The van der Waals surface area contributed by atoms with Crippen LogP contribution < -0.4 is 9.47 Å². The summed E-state index contributed by atoms with van der Waals surface area (Å²) in [6.07, 6.45) is 2.65. The number of amides is 2. The Bertz CT molecular complexity index is 1400. The smallest absolute Gasteiger partial charge is 0.254 e. The van der Waals surface area contributed by atoms with Gasteiger partial charge >= 0.3 is 0 Å². The highest BCUT2D eigenvalue weighted by Gasteiger charge is 2.24. The number of aromatic nitrogens is 1. The van der Waals surface area contributed by atoms with Crippen molar-refractivity contribution in [3.63, 3.8) is 0 Å².